The highest BCUT2D eigenvalue weighted by atomic mass is 19.1. The van der Waals surface area contributed by atoms with E-state index >= 15 is 0 Å². The SMILES string of the molecule is CC(CN(C)C1CCc2c(F)cccc21)C(=O)O. The summed E-state index contributed by atoms with van der Waals surface area (Å²) in [6.45, 7) is 2.18. The molecule has 18 heavy (non-hydrogen) atoms. The molecule has 3 nitrogen and oxygen atoms in total. The number of rotatable bonds is 4. The van der Waals surface area contributed by atoms with Crippen LogP contribution in [0.3, 0.4) is 0 Å². The molecule has 0 heterocycles. The molecule has 1 aliphatic carbocycles. The van der Waals surface area contributed by atoms with E-state index in [1.807, 2.05) is 18.0 Å². The van der Waals surface area contributed by atoms with Gasteiger partial charge in [0.05, 0.1) is 5.92 Å². The third-order valence-corrected chi connectivity index (χ3v) is 3.70. The fourth-order valence-electron chi connectivity index (χ4n) is 2.68. The van der Waals surface area contributed by atoms with Crippen LogP contribution in [0.1, 0.15) is 30.5 Å². The van der Waals surface area contributed by atoms with Crippen LogP contribution in [0.4, 0.5) is 4.39 Å². The fraction of sp³-hybridized carbons (Fsp3) is 0.500. The summed E-state index contributed by atoms with van der Waals surface area (Å²) >= 11 is 0. The molecule has 2 rings (SSSR count). The summed E-state index contributed by atoms with van der Waals surface area (Å²) in [4.78, 5) is 12.9. The first-order valence-corrected chi connectivity index (χ1v) is 6.21. The molecule has 0 fully saturated rings. The van der Waals surface area contributed by atoms with E-state index in [1.54, 1.807) is 13.0 Å². The number of carboxylic acid groups (broad SMARTS) is 1. The molecule has 2 unspecified atom stereocenters. The van der Waals surface area contributed by atoms with Crippen LogP contribution >= 0.6 is 0 Å². The van der Waals surface area contributed by atoms with Crippen LogP contribution in [0.25, 0.3) is 0 Å². The first kappa shape index (κ1) is 13.0. The van der Waals surface area contributed by atoms with E-state index in [1.165, 1.54) is 6.07 Å². The van der Waals surface area contributed by atoms with E-state index < -0.39 is 11.9 Å². The van der Waals surface area contributed by atoms with Crippen molar-refractivity contribution in [3.63, 3.8) is 0 Å². The zero-order valence-corrected chi connectivity index (χ0v) is 10.7. The number of carbonyl (C=O) groups is 1. The van der Waals surface area contributed by atoms with Gasteiger partial charge in [-0.2, -0.15) is 0 Å². The number of benzene rings is 1. The maximum absolute atomic E-state index is 13.6. The van der Waals surface area contributed by atoms with Crippen molar-refractivity contribution in [2.45, 2.75) is 25.8 Å². The van der Waals surface area contributed by atoms with Crippen molar-refractivity contribution >= 4 is 5.97 Å². The molecule has 1 aromatic rings. The van der Waals surface area contributed by atoms with Gasteiger partial charge >= 0.3 is 5.97 Å². The topological polar surface area (TPSA) is 40.5 Å². The molecule has 0 saturated heterocycles. The third kappa shape index (κ3) is 2.38. The molecule has 0 radical (unpaired) electrons. The molecule has 0 bridgehead atoms. The Morgan fingerprint density at radius 1 is 1.61 bits per heavy atom. The molecule has 0 spiro atoms. The lowest BCUT2D eigenvalue weighted by Crippen LogP contribution is -2.31. The van der Waals surface area contributed by atoms with Crippen molar-refractivity contribution in [3.8, 4) is 0 Å². The van der Waals surface area contributed by atoms with Crippen LogP contribution in [-0.4, -0.2) is 29.6 Å². The number of nitrogens with zero attached hydrogens (tertiary/aromatic N) is 1. The maximum atomic E-state index is 13.6. The molecule has 4 heteroatoms. The van der Waals surface area contributed by atoms with E-state index in [0.717, 1.165) is 24.0 Å². The minimum absolute atomic E-state index is 0.137. The molecule has 1 N–H and O–H groups in total. The molecular weight excluding hydrogens is 233 g/mol. The minimum Gasteiger partial charge on any atom is -0.481 e. The van der Waals surface area contributed by atoms with Gasteiger partial charge in [0.2, 0.25) is 0 Å². The highest BCUT2D eigenvalue weighted by Gasteiger charge is 2.29. The van der Waals surface area contributed by atoms with Gasteiger partial charge in [-0.3, -0.25) is 9.69 Å². The van der Waals surface area contributed by atoms with Gasteiger partial charge in [-0.15, -0.1) is 0 Å². The van der Waals surface area contributed by atoms with Crippen LogP contribution < -0.4 is 0 Å². The number of halogens is 1. The van der Waals surface area contributed by atoms with Crippen molar-refractivity contribution in [1.82, 2.24) is 4.90 Å². The van der Waals surface area contributed by atoms with E-state index in [2.05, 4.69) is 0 Å². The van der Waals surface area contributed by atoms with Gasteiger partial charge in [0, 0.05) is 12.6 Å². The lowest BCUT2D eigenvalue weighted by molar-refractivity contribution is -0.141. The number of hydrogen-bond acceptors (Lipinski definition) is 2. The molecule has 0 saturated carbocycles. The van der Waals surface area contributed by atoms with E-state index in [0.29, 0.717) is 6.54 Å². The summed E-state index contributed by atoms with van der Waals surface area (Å²) in [6, 6.07) is 5.29. The normalized spacial score (nSPS) is 19.9. The summed E-state index contributed by atoms with van der Waals surface area (Å²) in [5, 5.41) is 8.93. The predicted octanol–water partition coefficient (Wildman–Crippen LogP) is 2.47. The monoisotopic (exact) mass is 251 g/mol. The zero-order valence-electron chi connectivity index (χ0n) is 10.7. The Morgan fingerprint density at radius 2 is 2.33 bits per heavy atom. The molecule has 98 valence electrons. The minimum atomic E-state index is -0.792. The van der Waals surface area contributed by atoms with Crippen LogP contribution in [0, 0.1) is 11.7 Å². The highest BCUT2D eigenvalue weighted by Crippen LogP contribution is 2.36. The fourth-order valence-corrected chi connectivity index (χ4v) is 2.68. The Hall–Kier alpha value is -1.42. The van der Waals surface area contributed by atoms with E-state index in [9.17, 15) is 9.18 Å². The van der Waals surface area contributed by atoms with Crippen molar-refractivity contribution in [1.29, 1.82) is 0 Å². The molecule has 0 aliphatic heterocycles. The smallest absolute Gasteiger partial charge is 0.307 e. The van der Waals surface area contributed by atoms with Gasteiger partial charge in [-0.25, -0.2) is 4.39 Å². The molecule has 0 aromatic heterocycles. The summed E-state index contributed by atoms with van der Waals surface area (Å²) in [5.74, 6) is -1.35. The van der Waals surface area contributed by atoms with Gasteiger partial charge in [-0.05, 0) is 37.1 Å². The zero-order chi connectivity index (χ0) is 13.3. The molecule has 2 atom stereocenters. The van der Waals surface area contributed by atoms with Gasteiger partial charge in [0.25, 0.3) is 0 Å². The number of fused-ring (bicyclic) bond motifs is 1. The summed E-state index contributed by atoms with van der Waals surface area (Å²) < 4.78 is 13.6. The van der Waals surface area contributed by atoms with Gasteiger partial charge < -0.3 is 5.11 Å². The van der Waals surface area contributed by atoms with E-state index in [4.69, 9.17) is 5.11 Å². The molecule has 1 aliphatic rings. The Labute approximate surface area is 106 Å². The Bertz CT molecular complexity index is 461. The Morgan fingerprint density at radius 3 is 3.00 bits per heavy atom. The summed E-state index contributed by atoms with van der Waals surface area (Å²) in [5.41, 5.74) is 1.80. The second-order valence-electron chi connectivity index (χ2n) is 5.04. The van der Waals surface area contributed by atoms with Crippen LogP contribution in [0.15, 0.2) is 18.2 Å². The van der Waals surface area contributed by atoms with Gasteiger partial charge in [0.15, 0.2) is 0 Å². The van der Waals surface area contributed by atoms with Crippen molar-refractivity contribution in [2.75, 3.05) is 13.6 Å². The number of aliphatic carboxylic acids is 1. The standard InChI is InChI=1S/C14H18FNO2/c1-9(14(17)18)8-16(2)13-7-6-10-11(13)4-3-5-12(10)15/h3-5,9,13H,6-8H2,1-2H3,(H,17,18). The molecular formula is C14H18FNO2. The van der Waals surface area contributed by atoms with Crippen molar-refractivity contribution in [3.05, 3.63) is 35.1 Å². The quantitative estimate of drug-likeness (QED) is 0.893. The lowest BCUT2D eigenvalue weighted by Gasteiger charge is -2.26. The Kier molecular flexibility index (Phi) is 3.66. The third-order valence-electron chi connectivity index (χ3n) is 3.70. The van der Waals surface area contributed by atoms with E-state index in [-0.39, 0.29) is 11.9 Å². The predicted molar refractivity (Wildman–Crippen MR) is 66.9 cm³/mol. The van der Waals surface area contributed by atoms with Crippen LogP contribution in [0.5, 0.6) is 0 Å². The first-order chi connectivity index (χ1) is 8.50. The highest BCUT2D eigenvalue weighted by molar-refractivity contribution is 5.69. The largest absolute Gasteiger partial charge is 0.481 e. The summed E-state index contributed by atoms with van der Waals surface area (Å²) in [7, 11) is 1.91. The Balaban J connectivity index is 2.13. The lowest BCUT2D eigenvalue weighted by atomic mass is 10.1. The first-order valence-electron chi connectivity index (χ1n) is 6.21. The average molecular weight is 251 g/mol. The summed E-state index contributed by atoms with van der Waals surface area (Å²) in [6.07, 6.45) is 1.59. The van der Waals surface area contributed by atoms with Gasteiger partial charge in [-0.1, -0.05) is 19.1 Å². The van der Waals surface area contributed by atoms with Crippen molar-refractivity contribution in [2.24, 2.45) is 5.92 Å². The van der Waals surface area contributed by atoms with Crippen molar-refractivity contribution < 1.29 is 14.3 Å². The second-order valence-corrected chi connectivity index (χ2v) is 5.04. The maximum Gasteiger partial charge on any atom is 0.307 e. The van der Waals surface area contributed by atoms with Gasteiger partial charge in [0.1, 0.15) is 5.82 Å². The average Bonchev–Trinajstić information content (AvgIpc) is 2.74. The van der Waals surface area contributed by atoms with Crippen LogP contribution in [0.2, 0.25) is 0 Å². The number of hydrogen-bond donors (Lipinski definition) is 1. The number of carboxylic acids is 1. The molecule has 1 aromatic carbocycles. The second kappa shape index (κ2) is 5.06. The molecule has 0 amide bonds. The van der Waals surface area contributed by atoms with Crippen LogP contribution in [-0.2, 0) is 11.2 Å².